The number of ether oxygens (including phenoxy) is 3. The van der Waals surface area contributed by atoms with Crippen molar-refractivity contribution in [1.29, 1.82) is 0 Å². The van der Waals surface area contributed by atoms with Crippen LogP contribution in [-0.4, -0.2) is 62.1 Å². The Morgan fingerprint density at radius 2 is 1.72 bits per heavy atom. The standard InChI is InChI=1S/C27H38O9/c1-3-5-7-13-27(14-8-6-4-2)35-25(33)26(36-27)16-21(30)24(32)22(17-26)34-23(31)12-10-18-9-11-19(28)20(29)15-18/h9-12,15,21-22,24,28-30,32H,3-8,13-14,16-17H2,1-2H3/b12-10+/t21-,22-,24-,26+/m1/s1. The van der Waals surface area contributed by atoms with Crippen molar-refractivity contribution in [2.24, 2.45) is 0 Å². The Balaban J connectivity index is 1.73. The molecule has 1 aromatic carbocycles. The second-order valence-electron chi connectivity index (χ2n) is 9.83. The van der Waals surface area contributed by atoms with Crippen molar-refractivity contribution in [3.8, 4) is 11.5 Å². The molecular formula is C27H38O9. The maximum absolute atomic E-state index is 13.1. The minimum Gasteiger partial charge on any atom is -0.504 e. The van der Waals surface area contributed by atoms with Gasteiger partial charge in [-0.1, -0.05) is 45.6 Å². The molecule has 1 aromatic rings. The maximum Gasteiger partial charge on any atom is 0.341 e. The first-order valence-electron chi connectivity index (χ1n) is 12.8. The van der Waals surface area contributed by atoms with Crippen LogP contribution in [0.1, 0.15) is 83.6 Å². The zero-order chi connectivity index (χ0) is 26.3. The molecule has 1 aliphatic carbocycles. The summed E-state index contributed by atoms with van der Waals surface area (Å²) in [6, 6.07) is 4.04. The van der Waals surface area contributed by atoms with Gasteiger partial charge in [0.25, 0.3) is 0 Å². The normalized spacial score (nSPS) is 27.4. The van der Waals surface area contributed by atoms with Gasteiger partial charge in [0.1, 0.15) is 12.2 Å². The lowest BCUT2D eigenvalue weighted by molar-refractivity contribution is -0.227. The molecule has 9 nitrogen and oxygen atoms in total. The van der Waals surface area contributed by atoms with Gasteiger partial charge in [0.2, 0.25) is 5.79 Å². The topological polar surface area (TPSA) is 143 Å². The summed E-state index contributed by atoms with van der Waals surface area (Å²) in [6.07, 6.45) is 4.96. The zero-order valence-electron chi connectivity index (χ0n) is 21.0. The number of aliphatic hydroxyl groups is 2. The first kappa shape index (κ1) is 28.0. The van der Waals surface area contributed by atoms with Crippen LogP contribution in [0.2, 0.25) is 0 Å². The number of cyclic esters (lactones) is 1. The van der Waals surface area contributed by atoms with E-state index in [1.165, 1.54) is 24.3 Å². The van der Waals surface area contributed by atoms with E-state index >= 15 is 0 Å². The Labute approximate surface area is 211 Å². The number of aromatic hydroxyl groups is 2. The Morgan fingerprint density at radius 1 is 1.06 bits per heavy atom. The molecule has 200 valence electrons. The smallest absolute Gasteiger partial charge is 0.341 e. The predicted molar refractivity (Wildman–Crippen MR) is 131 cm³/mol. The number of unbranched alkanes of at least 4 members (excludes halogenated alkanes) is 4. The van der Waals surface area contributed by atoms with Gasteiger partial charge in [0.05, 0.1) is 6.10 Å². The lowest BCUT2D eigenvalue weighted by Crippen LogP contribution is -2.56. The van der Waals surface area contributed by atoms with Crippen LogP contribution in [0, 0.1) is 0 Å². The molecule has 0 bridgehead atoms. The van der Waals surface area contributed by atoms with Crippen LogP contribution in [0.3, 0.4) is 0 Å². The van der Waals surface area contributed by atoms with E-state index in [4.69, 9.17) is 14.2 Å². The van der Waals surface area contributed by atoms with Crippen molar-refractivity contribution in [3.63, 3.8) is 0 Å². The molecular weight excluding hydrogens is 468 g/mol. The van der Waals surface area contributed by atoms with Crippen molar-refractivity contribution >= 4 is 18.0 Å². The Morgan fingerprint density at radius 3 is 2.33 bits per heavy atom. The Kier molecular flexibility index (Phi) is 9.38. The summed E-state index contributed by atoms with van der Waals surface area (Å²) < 4.78 is 17.6. The first-order chi connectivity index (χ1) is 17.1. The van der Waals surface area contributed by atoms with E-state index in [1.807, 2.05) is 0 Å². The van der Waals surface area contributed by atoms with Crippen molar-refractivity contribution in [2.45, 2.75) is 108 Å². The summed E-state index contributed by atoms with van der Waals surface area (Å²) in [4.78, 5) is 25.6. The zero-order valence-corrected chi connectivity index (χ0v) is 21.0. The van der Waals surface area contributed by atoms with Gasteiger partial charge in [-0.15, -0.1) is 0 Å². The Bertz CT molecular complexity index is 933. The van der Waals surface area contributed by atoms with Crippen LogP contribution in [0.15, 0.2) is 24.3 Å². The summed E-state index contributed by atoms with van der Waals surface area (Å²) in [6.45, 7) is 4.17. The van der Waals surface area contributed by atoms with Crippen LogP contribution in [0.4, 0.5) is 0 Å². The van der Waals surface area contributed by atoms with Crippen molar-refractivity contribution in [2.75, 3.05) is 0 Å². The number of phenols is 2. The van der Waals surface area contributed by atoms with Crippen molar-refractivity contribution < 1.29 is 44.2 Å². The van der Waals surface area contributed by atoms with Gasteiger partial charge >= 0.3 is 11.9 Å². The number of esters is 2. The molecule has 0 radical (unpaired) electrons. The maximum atomic E-state index is 13.1. The van der Waals surface area contributed by atoms with Gasteiger partial charge in [-0.3, -0.25) is 0 Å². The van der Waals surface area contributed by atoms with Crippen LogP contribution in [0.5, 0.6) is 11.5 Å². The highest BCUT2D eigenvalue weighted by Gasteiger charge is 2.62. The van der Waals surface area contributed by atoms with Crippen molar-refractivity contribution in [3.05, 3.63) is 29.8 Å². The molecule has 36 heavy (non-hydrogen) atoms. The molecule has 2 fully saturated rings. The molecule has 1 aliphatic heterocycles. The highest BCUT2D eigenvalue weighted by Crippen LogP contribution is 2.47. The molecule has 2 aliphatic rings. The molecule has 3 rings (SSSR count). The summed E-state index contributed by atoms with van der Waals surface area (Å²) in [5.41, 5.74) is -1.07. The second kappa shape index (κ2) is 12.1. The molecule has 1 heterocycles. The lowest BCUT2D eigenvalue weighted by atomic mass is 9.79. The number of hydrogen-bond acceptors (Lipinski definition) is 9. The summed E-state index contributed by atoms with van der Waals surface area (Å²) >= 11 is 0. The number of carbonyl (C=O) groups is 2. The third-order valence-electron chi connectivity index (χ3n) is 6.88. The molecule has 1 saturated carbocycles. The average Bonchev–Trinajstić information content (AvgIpc) is 3.09. The van der Waals surface area contributed by atoms with E-state index in [0.29, 0.717) is 18.4 Å². The van der Waals surface area contributed by atoms with Gasteiger partial charge in [-0.2, -0.15) is 0 Å². The number of rotatable bonds is 11. The van der Waals surface area contributed by atoms with Crippen LogP contribution >= 0.6 is 0 Å². The average molecular weight is 507 g/mol. The minimum absolute atomic E-state index is 0.132. The molecule has 9 heteroatoms. The van der Waals surface area contributed by atoms with Gasteiger partial charge in [-0.25, -0.2) is 9.59 Å². The minimum atomic E-state index is -1.51. The highest BCUT2D eigenvalue weighted by molar-refractivity contribution is 5.87. The SMILES string of the molecule is CCCCCC1(CCCCC)OC(=O)[C@@]2(C[C@@H](O)[C@@H](O)[C@H](OC(=O)/C=C/c3ccc(O)c(O)c3)C2)O1. The number of carbonyl (C=O) groups excluding carboxylic acids is 2. The third-order valence-corrected chi connectivity index (χ3v) is 6.88. The second-order valence-corrected chi connectivity index (χ2v) is 9.83. The van der Waals surface area contributed by atoms with E-state index < -0.39 is 41.6 Å². The molecule has 4 N–H and O–H groups in total. The fourth-order valence-electron chi connectivity index (χ4n) is 4.89. The molecule has 0 unspecified atom stereocenters. The molecule has 1 saturated heterocycles. The summed E-state index contributed by atoms with van der Waals surface area (Å²) in [7, 11) is 0. The number of hydrogen-bond donors (Lipinski definition) is 4. The van der Waals surface area contributed by atoms with Gasteiger partial charge in [-0.05, 0) is 36.6 Å². The number of benzene rings is 1. The van der Waals surface area contributed by atoms with E-state index in [1.54, 1.807) is 0 Å². The van der Waals surface area contributed by atoms with Gasteiger partial charge in [0.15, 0.2) is 17.1 Å². The van der Waals surface area contributed by atoms with Crippen LogP contribution in [-0.2, 0) is 23.8 Å². The largest absolute Gasteiger partial charge is 0.504 e. The van der Waals surface area contributed by atoms with E-state index in [-0.39, 0.29) is 24.3 Å². The number of aliphatic hydroxyl groups excluding tert-OH is 2. The molecule has 1 spiro atoms. The molecule has 0 amide bonds. The predicted octanol–water partition coefficient (Wildman–Crippen LogP) is 3.71. The quantitative estimate of drug-likeness (QED) is 0.153. The number of phenolic OH excluding ortho intramolecular Hbond substituents is 2. The summed E-state index contributed by atoms with van der Waals surface area (Å²) in [5.74, 6) is -3.12. The van der Waals surface area contributed by atoms with E-state index in [0.717, 1.165) is 44.6 Å². The summed E-state index contributed by atoms with van der Waals surface area (Å²) in [5, 5.41) is 40.1. The fourth-order valence-corrected chi connectivity index (χ4v) is 4.89. The van der Waals surface area contributed by atoms with E-state index in [2.05, 4.69) is 13.8 Å². The lowest BCUT2D eigenvalue weighted by Gasteiger charge is -2.40. The fraction of sp³-hybridized carbons (Fsp3) is 0.630. The van der Waals surface area contributed by atoms with Crippen LogP contribution in [0.25, 0.3) is 6.08 Å². The molecule has 0 aromatic heterocycles. The monoisotopic (exact) mass is 506 g/mol. The highest BCUT2D eigenvalue weighted by atomic mass is 16.8. The third kappa shape index (κ3) is 6.57. The van der Waals surface area contributed by atoms with Gasteiger partial charge < -0.3 is 34.6 Å². The van der Waals surface area contributed by atoms with Gasteiger partial charge in [0, 0.05) is 31.8 Å². The Hall–Kier alpha value is -2.62. The van der Waals surface area contributed by atoms with Crippen LogP contribution < -0.4 is 0 Å². The molecule has 4 atom stereocenters. The first-order valence-corrected chi connectivity index (χ1v) is 12.8. The van der Waals surface area contributed by atoms with Crippen molar-refractivity contribution in [1.82, 2.24) is 0 Å². The van der Waals surface area contributed by atoms with E-state index in [9.17, 15) is 30.0 Å².